The van der Waals surface area contributed by atoms with E-state index < -0.39 is 0 Å². The zero-order valence-corrected chi connectivity index (χ0v) is 11.8. The predicted octanol–water partition coefficient (Wildman–Crippen LogP) is 0.796. The van der Waals surface area contributed by atoms with Crippen molar-refractivity contribution in [3.05, 3.63) is 22.7 Å². The summed E-state index contributed by atoms with van der Waals surface area (Å²) < 4.78 is 7.53. The molecule has 19 heavy (non-hydrogen) atoms. The molecule has 1 atom stereocenters. The Morgan fingerprint density at radius 1 is 1.63 bits per heavy atom. The van der Waals surface area contributed by atoms with Crippen molar-refractivity contribution in [1.29, 1.82) is 0 Å². The number of rotatable bonds is 2. The summed E-state index contributed by atoms with van der Waals surface area (Å²) >= 11 is 3.29. The number of nitrogens with zero attached hydrogens (tertiary/aromatic N) is 4. The van der Waals surface area contributed by atoms with E-state index in [9.17, 15) is 4.79 Å². The van der Waals surface area contributed by atoms with Crippen LogP contribution in [-0.2, 0) is 4.74 Å². The molecule has 3 rings (SSSR count). The molecule has 1 fully saturated rings. The lowest BCUT2D eigenvalue weighted by Crippen LogP contribution is -2.46. The summed E-state index contributed by atoms with van der Waals surface area (Å²) in [6.45, 7) is 3.11. The molecule has 0 aliphatic carbocycles. The largest absolute Gasteiger partial charge is 0.379 e. The van der Waals surface area contributed by atoms with Gasteiger partial charge in [-0.15, -0.1) is 5.10 Å². The summed E-state index contributed by atoms with van der Waals surface area (Å²) in [6.07, 6.45) is 4.10. The first kappa shape index (κ1) is 12.5. The molecular weight excluding hydrogens is 314 g/mol. The van der Waals surface area contributed by atoms with Gasteiger partial charge >= 0.3 is 0 Å². The van der Waals surface area contributed by atoms with Crippen molar-refractivity contribution in [2.45, 2.75) is 18.9 Å². The third kappa shape index (κ3) is 2.45. The first-order chi connectivity index (χ1) is 9.06. The highest BCUT2D eigenvalue weighted by Crippen LogP contribution is 2.18. The normalized spacial score (nSPS) is 22.8. The third-order valence-electron chi connectivity index (χ3n) is 3.00. The Balaban J connectivity index is 1.85. The second kappa shape index (κ2) is 4.53. The van der Waals surface area contributed by atoms with Crippen LogP contribution in [-0.4, -0.2) is 44.2 Å². The molecule has 2 aromatic heterocycles. The Kier molecular flexibility index (Phi) is 2.98. The monoisotopic (exact) mass is 325 g/mol. The molecule has 0 radical (unpaired) electrons. The number of carbonyl (C=O) groups is 1. The Labute approximate surface area is 117 Å². The van der Waals surface area contributed by atoms with E-state index in [-0.39, 0.29) is 17.3 Å². The van der Waals surface area contributed by atoms with Gasteiger partial charge in [0.1, 0.15) is 0 Å². The van der Waals surface area contributed by atoms with Crippen molar-refractivity contribution in [3.8, 4) is 0 Å². The third-order valence-corrected chi connectivity index (χ3v) is 3.41. The summed E-state index contributed by atoms with van der Waals surface area (Å²) in [5.41, 5.74) is -0.345. The molecule has 0 bridgehead atoms. The smallest absolute Gasteiger partial charge is 0.291 e. The minimum atomic E-state index is -0.345. The summed E-state index contributed by atoms with van der Waals surface area (Å²) in [7, 11) is 0. The minimum absolute atomic E-state index is 0.110. The van der Waals surface area contributed by atoms with Crippen molar-refractivity contribution in [1.82, 2.24) is 24.9 Å². The molecule has 1 saturated heterocycles. The Hall–Kier alpha value is -1.54. The number of hydrogen-bond donors (Lipinski definition) is 1. The maximum absolute atomic E-state index is 12.1. The van der Waals surface area contributed by atoms with Crippen LogP contribution in [0.5, 0.6) is 0 Å². The van der Waals surface area contributed by atoms with E-state index in [0.717, 1.165) is 10.9 Å². The van der Waals surface area contributed by atoms with Gasteiger partial charge in [-0.1, -0.05) is 0 Å². The SMILES string of the molecule is CC1(NC(=O)c2nc3ncc(Br)cn3n2)CCOC1. The number of halogens is 1. The number of fused-ring (bicyclic) bond motifs is 1. The van der Waals surface area contributed by atoms with Gasteiger partial charge in [-0.25, -0.2) is 9.50 Å². The highest BCUT2D eigenvalue weighted by atomic mass is 79.9. The number of aromatic nitrogens is 4. The van der Waals surface area contributed by atoms with Gasteiger partial charge in [0.2, 0.25) is 5.82 Å². The van der Waals surface area contributed by atoms with Crippen LogP contribution in [0.25, 0.3) is 5.78 Å². The molecule has 0 spiro atoms. The molecule has 1 unspecified atom stereocenters. The predicted molar refractivity (Wildman–Crippen MR) is 69.8 cm³/mol. The van der Waals surface area contributed by atoms with Crippen molar-refractivity contribution >= 4 is 27.6 Å². The lowest BCUT2D eigenvalue weighted by atomic mass is 10.0. The summed E-state index contributed by atoms with van der Waals surface area (Å²) in [5, 5.41) is 7.01. The first-order valence-corrected chi connectivity index (χ1v) is 6.63. The van der Waals surface area contributed by atoms with Crippen LogP contribution in [0, 0.1) is 0 Å². The van der Waals surface area contributed by atoms with Gasteiger partial charge in [0.15, 0.2) is 0 Å². The van der Waals surface area contributed by atoms with Crippen LogP contribution in [0.4, 0.5) is 0 Å². The van der Waals surface area contributed by atoms with Crippen molar-refractivity contribution in [3.63, 3.8) is 0 Å². The van der Waals surface area contributed by atoms with Crippen LogP contribution in [0.1, 0.15) is 24.0 Å². The van der Waals surface area contributed by atoms with E-state index in [1.807, 2.05) is 6.92 Å². The average molecular weight is 326 g/mol. The molecule has 1 aliphatic rings. The van der Waals surface area contributed by atoms with Crippen LogP contribution >= 0.6 is 15.9 Å². The van der Waals surface area contributed by atoms with Crippen LogP contribution in [0.2, 0.25) is 0 Å². The van der Waals surface area contributed by atoms with Gasteiger partial charge in [-0.2, -0.15) is 4.98 Å². The fraction of sp³-hybridized carbons (Fsp3) is 0.455. The van der Waals surface area contributed by atoms with Crippen LogP contribution < -0.4 is 5.32 Å². The second-order valence-electron chi connectivity index (χ2n) is 4.77. The van der Waals surface area contributed by atoms with Crippen LogP contribution in [0.3, 0.4) is 0 Å². The topological polar surface area (TPSA) is 81.4 Å². The van der Waals surface area contributed by atoms with E-state index in [1.54, 1.807) is 12.4 Å². The highest BCUT2D eigenvalue weighted by molar-refractivity contribution is 9.10. The summed E-state index contributed by atoms with van der Waals surface area (Å²) in [5.74, 6) is 0.189. The maximum Gasteiger partial charge on any atom is 0.291 e. The van der Waals surface area contributed by atoms with Gasteiger partial charge in [0, 0.05) is 19.0 Å². The minimum Gasteiger partial charge on any atom is -0.379 e. The number of hydrogen-bond acceptors (Lipinski definition) is 5. The molecule has 7 nitrogen and oxygen atoms in total. The average Bonchev–Trinajstić information content (AvgIpc) is 2.95. The maximum atomic E-state index is 12.1. The van der Waals surface area contributed by atoms with E-state index in [0.29, 0.717) is 19.0 Å². The number of ether oxygens (including phenoxy) is 1. The lowest BCUT2D eigenvalue weighted by molar-refractivity contribution is 0.0879. The zero-order valence-electron chi connectivity index (χ0n) is 10.3. The molecule has 1 N–H and O–H groups in total. The molecule has 0 aromatic carbocycles. The molecule has 1 amide bonds. The van der Waals surface area contributed by atoms with E-state index in [1.165, 1.54) is 4.52 Å². The molecule has 8 heteroatoms. The Bertz CT molecular complexity index is 635. The first-order valence-electron chi connectivity index (χ1n) is 5.84. The summed E-state index contributed by atoms with van der Waals surface area (Å²) in [4.78, 5) is 20.3. The van der Waals surface area contributed by atoms with Crippen LogP contribution in [0.15, 0.2) is 16.9 Å². The molecule has 100 valence electrons. The van der Waals surface area contributed by atoms with Gasteiger partial charge in [0.05, 0.1) is 16.6 Å². The molecule has 3 heterocycles. The van der Waals surface area contributed by atoms with Crippen molar-refractivity contribution in [2.75, 3.05) is 13.2 Å². The van der Waals surface area contributed by atoms with Crippen molar-refractivity contribution < 1.29 is 9.53 Å². The van der Waals surface area contributed by atoms with E-state index >= 15 is 0 Å². The highest BCUT2D eigenvalue weighted by Gasteiger charge is 2.32. The molecule has 2 aromatic rings. The van der Waals surface area contributed by atoms with Crippen molar-refractivity contribution in [2.24, 2.45) is 0 Å². The van der Waals surface area contributed by atoms with E-state index in [4.69, 9.17) is 4.74 Å². The quantitative estimate of drug-likeness (QED) is 0.883. The number of nitrogens with one attached hydrogen (secondary N) is 1. The fourth-order valence-electron chi connectivity index (χ4n) is 1.95. The molecule has 0 saturated carbocycles. The van der Waals surface area contributed by atoms with Gasteiger partial charge in [-0.3, -0.25) is 4.79 Å². The zero-order chi connectivity index (χ0) is 13.5. The molecule has 1 aliphatic heterocycles. The second-order valence-corrected chi connectivity index (χ2v) is 5.69. The number of amides is 1. The van der Waals surface area contributed by atoms with Gasteiger partial charge in [0.25, 0.3) is 11.7 Å². The summed E-state index contributed by atoms with van der Waals surface area (Å²) in [6, 6.07) is 0. The standard InChI is InChI=1S/C11H12BrN5O2/c1-11(2-3-19-6-11)15-9(18)8-14-10-13-4-7(12)5-17(10)16-8/h4-5H,2-3,6H2,1H3,(H,15,18). The van der Waals surface area contributed by atoms with Gasteiger partial charge in [-0.05, 0) is 29.3 Å². The number of carbonyl (C=O) groups excluding carboxylic acids is 1. The Morgan fingerprint density at radius 3 is 3.21 bits per heavy atom. The van der Waals surface area contributed by atoms with Gasteiger partial charge < -0.3 is 10.1 Å². The Morgan fingerprint density at radius 2 is 2.47 bits per heavy atom. The lowest BCUT2D eigenvalue weighted by Gasteiger charge is -2.22. The molecular formula is C11H12BrN5O2. The fourth-order valence-corrected chi connectivity index (χ4v) is 2.25. The van der Waals surface area contributed by atoms with E-state index in [2.05, 4.69) is 36.3 Å².